The monoisotopic (exact) mass is 322 g/mol. The zero-order valence-corrected chi connectivity index (χ0v) is 13.6. The molecule has 0 bridgehead atoms. The predicted molar refractivity (Wildman–Crippen MR) is 93.2 cm³/mol. The van der Waals surface area contributed by atoms with Crippen LogP contribution >= 0.6 is 0 Å². The molecule has 2 atom stereocenters. The van der Waals surface area contributed by atoms with Gasteiger partial charge in [-0.2, -0.15) is 0 Å². The van der Waals surface area contributed by atoms with Gasteiger partial charge in [0, 0.05) is 18.2 Å². The fourth-order valence-corrected chi connectivity index (χ4v) is 3.72. The third kappa shape index (κ3) is 2.89. The van der Waals surface area contributed by atoms with Gasteiger partial charge in [0.15, 0.2) is 0 Å². The van der Waals surface area contributed by atoms with Crippen LogP contribution in [-0.2, 0) is 11.2 Å². The maximum absolute atomic E-state index is 12.7. The molecule has 2 aliphatic heterocycles. The lowest BCUT2D eigenvalue weighted by Crippen LogP contribution is -2.41. The van der Waals surface area contributed by atoms with Crippen molar-refractivity contribution >= 4 is 5.91 Å². The summed E-state index contributed by atoms with van der Waals surface area (Å²) >= 11 is 0. The Kier molecular flexibility index (Phi) is 4.22. The van der Waals surface area contributed by atoms with E-state index >= 15 is 0 Å². The third-order valence-electron chi connectivity index (χ3n) is 4.97. The number of fused-ring (bicyclic) bond motifs is 2. The van der Waals surface area contributed by atoms with Crippen LogP contribution < -0.4 is 15.4 Å². The Bertz CT molecular complexity index is 744. The number of ether oxygens (including phenoxy) is 1. The number of hydrogen-bond donors (Lipinski definition) is 2. The zero-order chi connectivity index (χ0) is 16.4. The number of amides is 1. The van der Waals surface area contributed by atoms with E-state index in [4.69, 9.17) is 4.74 Å². The van der Waals surface area contributed by atoms with E-state index in [1.165, 1.54) is 11.1 Å². The van der Waals surface area contributed by atoms with E-state index in [0.29, 0.717) is 13.2 Å². The lowest BCUT2D eigenvalue weighted by molar-refractivity contribution is -0.123. The summed E-state index contributed by atoms with van der Waals surface area (Å²) in [6.45, 7) is 2.17. The number of para-hydroxylation sites is 1. The second-order valence-electron chi connectivity index (χ2n) is 6.43. The maximum Gasteiger partial charge on any atom is 0.227 e. The standard InChI is InChI=1S/C20H22N2O2/c23-20(17-10-12-24-19-8-4-3-7-16(17)19)22-13-18-15-6-2-1-5-14(15)9-11-21-18/h1-8,17-18,21H,9-13H2,(H,22,23). The molecule has 124 valence electrons. The van der Waals surface area contributed by atoms with Crippen LogP contribution in [0.15, 0.2) is 48.5 Å². The molecule has 4 rings (SSSR count). The van der Waals surface area contributed by atoms with Crippen LogP contribution in [0.5, 0.6) is 5.75 Å². The van der Waals surface area contributed by atoms with Crippen LogP contribution in [0.4, 0.5) is 0 Å². The highest BCUT2D eigenvalue weighted by Gasteiger charge is 2.28. The fourth-order valence-electron chi connectivity index (χ4n) is 3.72. The predicted octanol–water partition coefficient (Wildman–Crippen LogP) is 2.56. The first-order valence-corrected chi connectivity index (χ1v) is 8.63. The van der Waals surface area contributed by atoms with E-state index in [1.54, 1.807) is 0 Å². The summed E-state index contributed by atoms with van der Waals surface area (Å²) in [5.74, 6) is 0.814. The first-order valence-electron chi connectivity index (χ1n) is 8.63. The Morgan fingerprint density at radius 3 is 2.83 bits per heavy atom. The van der Waals surface area contributed by atoms with E-state index in [1.807, 2.05) is 24.3 Å². The third-order valence-corrected chi connectivity index (χ3v) is 4.97. The van der Waals surface area contributed by atoms with E-state index in [2.05, 4.69) is 34.9 Å². The van der Waals surface area contributed by atoms with Gasteiger partial charge in [0.25, 0.3) is 0 Å². The summed E-state index contributed by atoms with van der Waals surface area (Å²) in [5.41, 5.74) is 3.68. The van der Waals surface area contributed by atoms with Gasteiger partial charge in [-0.25, -0.2) is 0 Å². The quantitative estimate of drug-likeness (QED) is 0.913. The van der Waals surface area contributed by atoms with E-state index in [0.717, 1.165) is 30.7 Å². The molecule has 0 aliphatic carbocycles. The highest BCUT2D eigenvalue weighted by molar-refractivity contribution is 5.84. The molecule has 24 heavy (non-hydrogen) atoms. The van der Waals surface area contributed by atoms with Gasteiger partial charge >= 0.3 is 0 Å². The number of hydrogen-bond acceptors (Lipinski definition) is 3. The molecule has 4 heteroatoms. The molecule has 0 spiro atoms. The zero-order valence-electron chi connectivity index (χ0n) is 13.6. The molecule has 0 aromatic heterocycles. The van der Waals surface area contributed by atoms with E-state index in [-0.39, 0.29) is 17.9 Å². The van der Waals surface area contributed by atoms with Crippen molar-refractivity contribution in [3.63, 3.8) is 0 Å². The Balaban J connectivity index is 1.45. The normalized spacial score (nSPS) is 22.0. The number of rotatable bonds is 3. The number of benzene rings is 2. The van der Waals surface area contributed by atoms with Crippen LogP contribution in [-0.4, -0.2) is 25.6 Å². The minimum atomic E-state index is -0.117. The van der Waals surface area contributed by atoms with Crippen molar-refractivity contribution in [2.24, 2.45) is 0 Å². The van der Waals surface area contributed by atoms with Crippen molar-refractivity contribution in [3.8, 4) is 5.75 Å². The molecule has 2 unspecified atom stereocenters. The topological polar surface area (TPSA) is 50.4 Å². The SMILES string of the molecule is O=C(NCC1NCCc2ccccc21)C1CCOc2ccccc21. The molecule has 2 aromatic rings. The Morgan fingerprint density at radius 1 is 1.12 bits per heavy atom. The lowest BCUT2D eigenvalue weighted by atomic mass is 9.91. The number of carbonyl (C=O) groups excluding carboxylic acids is 1. The van der Waals surface area contributed by atoms with Crippen molar-refractivity contribution in [2.75, 3.05) is 19.7 Å². The van der Waals surface area contributed by atoms with Crippen molar-refractivity contribution < 1.29 is 9.53 Å². The molecule has 1 amide bonds. The molecule has 4 nitrogen and oxygen atoms in total. The summed E-state index contributed by atoms with van der Waals surface area (Å²) in [6, 6.07) is 16.5. The second kappa shape index (κ2) is 6.65. The Hall–Kier alpha value is -2.33. The van der Waals surface area contributed by atoms with Gasteiger partial charge in [0.05, 0.1) is 12.5 Å². The second-order valence-corrected chi connectivity index (χ2v) is 6.43. The summed E-state index contributed by atoms with van der Waals surface area (Å²) in [4.78, 5) is 12.7. The molecule has 0 saturated carbocycles. The highest BCUT2D eigenvalue weighted by Crippen LogP contribution is 2.33. The van der Waals surface area contributed by atoms with Gasteiger partial charge in [0.2, 0.25) is 5.91 Å². The molecule has 0 saturated heterocycles. The van der Waals surface area contributed by atoms with Gasteiger partial charge in [-0.3, -0.25) is 4.79 Å². The van der Waals surface area contributed by atoms with Gasteiger partial charge in [-0.05, 0) is 36.6 Å². The molecule has 2 aliphatic rings. The van der Waals surface area contributed by atoms with E-state index < -0.39 is 0 Å². The van der Waals surface area contributed by atoms with Crippen LogP contribution in [0.2, 0.25) is 0 Å². The van der Waals surface area contributed by atoms with Crippen molar-refractivity contribution in [2.45, 2.75) is 24.8 Å². The molecule has 0 fully saturated rings. The molecular weight excluding hydrogens is 300 g/mol. The summed E-state index contributed by atoms with van der Waals surface area (Å²) < 4.78 is 5.65. The van der Waals surface area contributed by atoms with Gasteiger partial charge < -0.3 is 15.4 Å². The summed E-state index contributed by atoms with van der Waals surface area (Å²) in [7, 11) is 0. The Morgan fingerprint density at radius 2 is 1.92 bits per heavy atom. The van der Waals surface area contributed by atoms with Crippen molar-refractivity contribution in [1.29, 1.82) is 0 Å². The minimum Gasteiger partial charge on any atom is -0.493 e. The van der Waals surface area contributed by atoms with Crippen molar-refractivity contribution in [3.05, 3.63) is 65.2 Å². The lowest BCUT2D eigenvalue weighted by Gasteiger charge is -2.29. The average molecular weight is 322 g/mol. The van der Waals surface area contributed by atoms with Crippen LogP contribution in [0, 0.1) is 0 Å². The van der Waals surface area contributed by atoms with E-state index in [9.17, 15) is 4.79 Å². The molecule has 2 aromatic carbocycles. The first kappa shape index (κ1) is 15.2. The molecular formula is C20H22N2O2. The molecule has 0 radical (unpaired) electrons. The smallest absolute Gasteiger partial charge is 0.227 e. The summed E-state index contributed by atoms with van der Waals surface area (Å²) in [6.07, 6.45) is 1.78. The summed E-state index contributed by atoms with van der Waals surface area (Å²) in [5, 5.41) is 6.66. The Labute approximate surface area is 142 Å². The van der Waals surface area contributed by atoms with Crippen LogP contribution in [0.3, 0.4) is 0 Å². The largest absolute Gasteiger partial charge is 0.493 e. The minimum absolute atomic E-state index is 0.0932. The molecule has 2 heterocycles. The maximum atomic E-state index is 12.7. The number of nitrogens with one attached hydrogen (secondary N) is 2. The number of carbonyl (C=O) groups is 1. The molecule has 2 N–H and O–H groups in total. The van der Waals surface area contributed by atoms with Crippen LogP contribution in [0.1, 0.15) is 35.1 Å². The highest BCUT2D eigenvalue weighted by atomic mass is 16.5. The van der Waals surface area contributed by atoms with Gasteiger partial charge in [0.1, 0.15) is 5.75 Å². The average Bonchev–Trinajstić information content (AvgIpc) is 2.65. The first-order chi connectivity index (χ1) is 11.8. The van der Waals surface area contributed by atoms with Crippen molar-refractivity contribution in [1.82, 2.24) is 10.6 Å². The van der Waals surface area contributed by atoms with Crippen LogP contribution in [0.25, 0.3) is 0 Å². The van der Waals surface area contributed by atoms with Gasteiger partial charge in [-0.1, -0.05) is 42.5 Å². The fraction of sp³-hybridized carbons (Fsp3) is 0.350. The van der Waals surface area contributed by atoms with Gasteiger partial charge in [-0.15, -0.1) is 0 Å².